The number of urea groups is 1. The molecule has 110 valence electrons. The van der Waals surface area contributed by atoms with Gasteiger partial charge in [0.1, 0.15) is 11.5 Å². The van der Waals surface area contributed by atoms with Gasteiger partial charge in [0.2, 0.25) is 0 Å². The first-order valence-corrected chi connectivity index (χ1v) is 6.34. The minimum absolute atomic E-state index is 0.0411. The molecule has 6 nitrogen and oxygen atoms in total. The van der Waals surface area contributed by atoms with E-state index < -0.39 is 18.0 Å². The molecular formula is C14H20N2O4. The van der Waals surface area contributed by atoms with Crippen LogP contribution in [0, 0.1) is 0 Å². The van der Waals surface area contributed by atoms with Gasteiger partial charge in [0, 0.05) is 6.04 Å². The third-order valence-corrected chi connectivity index (χ3v) is 2.40. The van der Waals surface area contributed by atoms with Crippen molar-refractivity contribution in [2.45, 2.75) is 32.9 Å². The Hall–Kier alpha value is -2.24. The van der Waals surface area contributed by atoms with Gasteiger partial charge in [-0.05, 0) is 45.0 Å². The maximum atomic E-state index is 11.7. The Bertz CT molecular complexity index is 457. The lowest BCUT2D eigenvalue weighted by molar-refractivity contribution is -0.126. The predicted molar refractivity (Wildman–Crippen MR) is 74.9 cm³/mol. The smallest absolute Gasteiger partial charge is 0.321 e. The summed E-state index contributed by atoms with van der Waals surface area (Å²) in [5.41, 5.74) is 0. The number of methoxy groups -OCH3 is 1. The van der Waals surface area contributed by atoms with E-state index in [1.807, 2.05) is 0 Å². The predicted octanol–water partition coefficient (Wildman–Crippen LogP) is 1.70. The number of ether oxygens (including phenoxy) is 2. The average Bonchev–Trinajstić information content (AvgIpc) is 2.38. The molecule has 0 aliphatic heterocycles. The Morgan fingerprint density at radius 1 is 1.05 bits per heavy atom. The SMILES string of the molecule is COc1ccc(O[C@@H](C)C(=O)NC(=O)NC(C)C)cc1. The molecule has 2 N–H and O–H groups in total. The fraction of sp³-hybridized carbons (Fsp3) is 0.429. The maximum absolute atomic E-state index is 11.7. The zero-order valence-corrected chi connectivity index (χ0v) is 12.1. The molecular weight excluding hydrogens is 260 g/mol. The van der Waals surface area contributed by atoms with Crippen LogP contribution in [-0.4, -0.2) is 31.2 Å². The molecule has 1 rings (SSSR count). The second-order valence-corrected chi connectivity index (χ2v) is 4.55. The first kappa shape index (κ1) is 15.8. The molecule has 0 aliphatic rings. The van der Waals surface area contributed by atoms with Crippen LogP contribution in [0.5, 0.6) is 11.5 Å². The van der Waals surface area contributed by atoms with Crippen LogP contribution in [0.3, 0.4) is 0 Å². The second kappa shape index (κ2) is 7.37. The van der Waals surface area contributed by atoms with E-state index in [1.165, 1.54) is 0 Å². The van der Waals surface area contributed by atoms with Gasteiger partial charge in [-0.3, -0.25) is 10.1 Å². The van der Waals surface area contributed by atoms with Crippen molar-refractivity contribution in [3.8, 4) is 11.5 Å². The average molecular weight is 280 g/mol. The largest absolute Gasteiger partial charge is 0.497 e. The zero-order valence-electron chi connectivity index (χ0n) is 12.1. The summed E-state index contributed by atoms with van der Waals surface area (Å²) in [7, 11) is 1.57. The normalized spacial score (nSPS) is 11.7. The summed E-state index contributed by atoms with van der Waals surface area (Å²) < 4.78 is 10.5. The number of amides is 3. The molecule has 0 saturated carbocycles. The van der Waals surface area contributed by atoms with Gasteiger partial charge in [0.05, 0.1) is 7.11 Å². The second-order valence-electron chi connectivity index (χ2n) is 4.55. The first-order chi connectivity index (χ1) is 9.42. The van der Waals surface area contributed by atoms with Gasteiger partial charge in [-0.25, -0.2) is 4.79 Å². The van der Waals surface area contributed by atoms with Crippen molar-refractivity contribution in [1.82, 2.24) is 10.6 Å². The molecule has 1 atom stereocenters. The monoisotopic (exact) mass is 280 g/mol. The number of nitrogens with one attached hydrogen (secondary N) is 2. The third-order valence-electron chi connectivity index (χ3n) is 2.40. The van der Waals surface area contributed by atoms with E-state index in [9.17, 15) is 9.59 Å². The fourth-order valence-corrected chi connectivity index (χ4v) is 1.42. The Balaban J connectivity index is 2.50. The van der Waals surface area contributed by atoms with Crippen LogP contribution in [0.2, 0.25) is 0 Å². The molecule has 3 amide bonds. The quantitative estimate of drug-likeness (QED) is 0.860. The van der Waals surface area contributed by atoms with E-state index in [0.29, 0.717) is 11.5 Å². The molecule has 1 aromatic carbocycles. The van der Waals surface area contributed by atoms with Gasteiger partial charge < -0.3 is 14.8 Å². The van der Waals surface area contributed by atoms with E-state index in [1.54, 1.807) is 52.1 Å². The van der Waals surface area contributed by atoms with E-state index in [4.69, 9.17) is 9.47 Å². The summed E-state index contributed by atoms with van der Waals surface area (Å²) in [5.74, 6) is 0.724. The molecule has 0 bridgehead atoms. The minimum Gasteiger partial charge on any atom is -0.497 e. The van der Waals surface area contributed by atoms with Crippen molar-refractivity contribution >= 4 is 11.9 Å². The number of hydrogen-bond donors (Lipinski definition) is 2. The standard InChI is InChI=1S/C14H20N2O4/c1-9(2)15-14(18)16-13(17)10(3)20-12-7-5-11(19-4)6-8-12/h5-10H,1-4H3,(H2,15,16,17,18)/t10-/m0/s1. The molecule has 1 aromatic rings. The van der Waals surface area contributed by atoms with Crippen LogP contribution in [0.4, 0.5) is 4.79 Å². The lowest BCUT2D eigenvalue weighted by Crippen LogP contribution is -2.46. The van der Waals surface area contributed by atoms with Crippen molar-refractivity contribution in [3.05, 3.63) is 24.3 Å². The van der Waals surface area contributed by atoms with Crippen LogP contribution in [0.15, 0.2) is 24.3 Å². The van der Waals surface area contributed by atoms with E-state index in [2.05, 4.69) is 10.6 Å². The summed E-state index contributed by atoms with van der Waals surface area (Å²) in [5, 5.41) is 4.78. The Morgan fingerprint density at radius 2 is 1.60 bits per heavy atom. The summed E-state index contributed by atoms with van der Waals surface area (Å²) in [6, 6.07) is 6.26. The molecule has 0 radical (unpaired) electrons. The number of rotatable bonds is 5. The van der Waals surface area contributed by atoms with Crippen LogP contribution in [0.1, 0.15) is 20.8 Å². The topological polar surface area (TPSA) is 76.7 Å². The van der Waals surface area contributed by atoms with Crippen LogP contribution < -0.4 is 20.1 Å². The van der Waals surface area contributed by atoms with Crippen molar-refractivity contribution in [3.63, 3.8) is 0 Å². The lowest BCUT2D eigenvalue weighted by atomic mass is 10.3. The van der Waals surface area contributed by atoms with Gasteiger partial charge >= 0.3 is 6.03 Å². The molecule has 20 heavy (non-hydrogen) atoms. The highest BCUT2D eigenvalue weighted by Gasteiger charge is 2.17. The van der Waals surface area contributed by atoms with Crippen molar-refractivity contribution < 1.29 is 19.1 Å². The maximum Gasteiger partial charge on any atom is 0.321 e. The van der Waals surface area contributed by atoms with Crippen molar-refractivity contribution in [1.29, 1.82) is 0 Å². The van der Waals surface area contributed by atoms with E-state index in [-0.39, 0.29) is 6.04 Å². The molecule has 0 unspecified atom stereocenters. The highest BCUT2D eigenvalue weighted by Crippen LogP contribution is 2.18. The number of hydrogen-bond acceptors (Lipinski definition) is 4. The Kier molecular flexibility index (Phi) is 5.83. The number of carbonyl (C=O) groups is 2. The summed E-state index contributed by atoms with van der Waals surface area (Å²) in [4.78, 5) is 23.1. The van der Waals surface area contributed by atoms with E-state index in [0.717, 1.165) is 0 Å². The summed E-state index contributed by atoms with van der Waals surface area (Å²) >= 11 is 0. The Morgan fingerprint density at radius 3 is 2.10 bits per heavy atom. The molecule has 0 spiro atoms. The van der Waals surface area contributed by atoms with Crippen molar-refractivity contribution in [2.75, 3.05) is 7.11 Å². The summed E-state index contributed by atoms with van der Waals surface area (Å²) in [6.45, 7) is 5.19. The van der Waals surface area contributed by atoms with Crippen LogP contribution >= 0.6 is 0 Å². The molecule has 0 heterocycles. The van der Waals surface area contributed by atoms with Gasteiger partial charge in [-0.2, -0.15) is 0 Å². The minimum atomic E-state index is -0.777. The molecule has 0 saturated heterocycles. The first-order valence-electron chi connectivity index (χ1n) is 6.34. The van der Waals surface area contributed by atoms with E-state index >= 15 is 0 Å². The number of carbonyl (C=O) groups excluding carboxylic acids is 2. The highest BCUT2D eigenvalue weighted by atomic mass is 16.5. The van der Waals surface area contributed by atoms with Gasteiger partial charge in [-0.1, -0.05) is 0 Å². The molecule has 0 aliphatic carbocycles. The lowest BCUT2D eigenvalue weighted by Gasteiger charge is -2.15. The van der Waals surface area contributed by atoms with Crippen LogP contribution in [0.25, 0.3) is 0 Å². The van der Waals surface area contributed by atoms with Gasteiger partial charge in [0.15, 0.2) is 6.10 Å². The van der Waals surface area contributed by atoms with Gasteiger partial charge in [-0.15, -0.1) is 0 Å². The third kappa shape index (κ3) is 5.17. The molecule has 0 fully saturated rings. The fourth-order valence-electron chi connectivity index (χ4n) is 1.42. The number of imide groups is 1. The molecule has 0 aromatic heterocycles. The van der Waals surface area contributed by atoms with Crippen LogP contribution in [-0.2, 0) is 4.79 Å². The number of benzene rings is 1. The Labute approximate surface area is 118 Å². The highest BCUT2D eigenvalue weighted by molar-refractivity contribution is 5.96. The zero-order chi connectivity index (χ0) is 15.1. The van der Waals surface area contributed by atoms with Gasteiger partial charge in [0.25, 0.3) is 5.91 Å². The molecule has 6 heteroatoms. The van der Waals surface area contributed by atoms with Crippen molar-refractivity contribution in [2.24, 2.45) is 0 Å². The summed E-state index contributed by atoms with van der Waals surface area (Å²) in [6.07, 6.45) is -0.777.